The Labute approximate surface area is 118 Å². The van der Waals surface area contributed by atoms with Gasteiger partial charge in [-0.25, -0.2) is 0 Å². The summed E-state index contributed by atoms with van der Waals surface area (Å²) in [6, 6.07) is 11.1. The van der Waals surface area contributed by atoms with Gasteiger partial charge >= 0.3 is 0 Å². The van der Waals surface area contributed by atoms with Gasteiger partial charge in [0, 0.05) is 15.9 Å². The highest BCUT2D eigenvalue weighted by Gasteiger charge is 2.32. The summed E-state index contributed by atoms with van der Waals surface area (Å²) in [6.45, 7) is 5.25. The molecule has 0 saturated heterocycles. The van der Waals surface area contributed by atoms with Crippen molar-refractivity contribution in [3.8, 4) is 5.75 Å². The van der Waals surface area contributed by atoms with E-state index in [0.717, 1.165) is 12.4 Å². The van der Waals surface area contributed by atoms with Crippen molar-refractivity contribution in [2.24, 2.45) is 0 Å². The number of hydrogen-bond acceptors (Lipinski definition) is 3. The van der Waals surface area contributed by atoms with Gasteiger partial charge in [-0.1, -0.05) is 26.0 Å². The Kier molecular flexibility index (Phi) is 3.11. The van der Waals surface area contributed by atoms with E-state index >= 15 is 0 Å². The molecule has 19 heavy (non-hydrogen) atoms. The first kappa shape index (κ1) is 12.7. The number of thiophene rings is 1. The molecule has 0 amide bonds. The van der Waals surface area contributed by atoms with Crippen LogP contribution in [0.25, 0.3) is 0 Å². The molecule has 1 unspecified atom stereocenters. The van der Waals surface area contributed by atoms with Gasteiger partial charge < -0.3 is 10.1 Å². The standard InChI is InChI=1S/C16H19NOS/c1-16(2)10-18-13-7-6-11(9-12(13)16)15(17-3)14-5-4-8-19-14/h4-9,15,17H,10H2,1-3H3. The topological polar surface area (TPSA) is 21.3 Å². The Morgan fingerprint density at radius 2 is 2.16 bits per heavy atom. The molecule has 3 rings (SSSR count). The first-order valence-electron chi connectivity index (χ1n) is 6.60. The summed E-state index contributed by atoms with van der Waals surface area (Å²) in [5.41, 5.74) is 2.74. The van der Waals surface area contributed by atoms with Crippen LogP contribution in [0.1, 0.15) is 35.9 Å². The molecule has 2 aromatic rings. The van der Waals surface area contributed by atoms with Gasteiger partial charge in [0.25, 0.3) is 0 Å². The largest absolute Gasteiger partial charge is 0.492 e. The molecule has 1 atom stereocenters. The van der Waals surface area contributed by atoms with Crippen LogP contribution in [0.3, 0.4) is 0 Å². The van der Waals surface area contributed by atoms with Crippen LogP contribution in [-0.4, -0.2) is 13.7 Å². The molecular formula is C16H19NOS. The summed E-state index contributed by atoms with van der Waals surface area (Å²) < 4.78 is 5.75. The fourth-order valence-electron chi connectivity index (χ4n) is 2.65. The normalized spacial score (nSPS) is 17.8. The number of fused-ring (bicyclic) bond motifs is 1. The van der Waals surface area contributed by atoms with E-state index in [2.05, 4.69) is 54.9 Å². The Hall–Kier alpha value is -1.32. The van der Waals surface area contributed by atoms with Gasteiger partial charge in [-0.05, 0) is 36.2 Å². The van der Waals surface area contributed by atoms with Gasteiger partial charge in [-0.2, -0.15) is 0 Å². The van der Waals surface area contributed by atoms with E-state index in [1.54, 1.807) is 11.3 Å². The second-order valence-electron chi connectivity index (χ2n) is 5.67. The monoisotopic (exact) mass is 273 g/mol. The second-order valence-corrected chi connectivity index (χ2v) is 6.64. The minimum atomic E-state index is 0.110. The quantitative estimate of drug-likeness (QED) is 0.920. The summed E-state index contributed by atoms with van der Waals surface area (Å²) in [7, 11) is 2.01. The summed E-state index contributed by atoms with van der Waals surface area (Å²) in [6.07, 6.45) is 0. The van der Waals surface area contributed by atoms with Crippen molar-refractivity contribution >= 4 is 11.3 Å². The third kappa shape index (κ3) is 2.17. The lowest BCUT2D eigenvalue weighted by atomic mass is 9.85. The number of ether oxygens (including phenoxy) is 1. The third-order valence-corrected chi connectivity index (χ3v) is 4.71. The van der Waals surface area contributed by atoms with E-state index in [0.29, 0.717) is 0 Å². The van der Waals surface area contributed by atoms with Crippen molar-refractivity contribution in [1.29, 1.82) is 0 Å². The van der Waals surface area contributed by atoms with Crippen LogP contribution in [0, 0.1) is 0 Å². The molecule has 2 nitrogen and oxygen atoms in total. The van der Waals surface area contributed by atoms with Crippen LogP contribution in [0.5, 0.6) is 5.75 Å². The highest BCUT2D eigenvalue weighted by atomic mass is 32.1. The molecule has 0 radical (unpaired) electrons. The van der Waals surface area contributed by atoms with Crippen LogP contribution >= 0.6 is 11.3 Å². The SMILES string of the molecule is CNC(c1ccc2c(c1)C(C)(C)CO2)c1cccs1. The van der Waals surface area contributed by atoms with Crippen molar-refractivity contribution in [3.63, 3.8) is 0 Å². The minimum absolute atomic E-state index is 0.110. The van der Waals surface area contributed by atoms with Gasteiger partial charge in [-0.15, -0.1) is 11.3 Å². The smallest absolute Gasteiger partial charge is 0.123 e. The van der Waals surface area contributed by atoms with E-state index in [-0.39, 0.29) is 11.5 Å². The molecule has 0 fully saturated rings. The van der Waals surface area contributed by atoms with Crippen LogP contribution in [-0.2, 0) is 5.41 Å². The van der Waals surface area contributed by atoms with Crippen LogP contribution in [0.4, 0.5) is 0 Å². The van der Waals surface area contributed by atoms with Crippen molar-refractivity contribution in [1.82, 2.24) is 5.32 Å². The molecule has 0 spiro atoms. The molecule has 0 aliphatic carbocycles. The van der Waals surface area contributed by atoms with Crippen molar-refractivity contribution < 1.29 is 4.74 Å². The fourth-order valence-corrected chi connectivity index (χ4v) is 3.51. The second kappa shape index (κ2) is 4.66. The predicted octanol–water partition coefficient (Wildman–Crippen LogP) is 3.73. The number of nitrogens with one attached hydrogen (secondary N) is 1. The molecule has 100 valence electrons. The maximum atomic E-state index is 5.75. The molecular weight excluding hydrogens is 254 g/mol. The third-order valence-electron chi connectivity index (χ3n) is 3.77. The van der Waals surface area contributed by atoms with Crippen LogP contribution in [0.2, 0.25) is 0 Å². The van der Waals surface area contributed by atoms with Gasteiger partial charge in [0.15, 0.2) is 0 Å². The van der Waals surface area contributed by atoms with Crippen molar-refractivity contribution in [2.45, 2.75) is 25.3 Å². The highest BCUT2D eigenvalue weighted by molar-refractivity contribution is 7.10. The highest BCUT2D eigenvalue weighted by Crippen LogP contribution is 2.40. The van der Waals surface area contributed by atoms with E-state index in [9.17, 15) is 0 Å². The molecule has 1 N–H and O–H groups in total. The van der Waals surface area contributed by atoms with E-state index in [4.69, 9.17) is 4.74 Å². The van der Waals surface area contributed by atoms with E-state index in [1.807, 2.05) is 7.05 Å². The molecule has 3 heteroatoms. The maximum Gasteiger partial charge on any atom is 0.123 e. The first-order valence-corrected chi connectivity index (χ1v) is 7.48. The van der Waals surface area contributed by atoms with Gasteiger partial charge in [-0.3, -0.25) is 0 Å². The lowest BCUT2D eigenvalue weighted by molar-refractivity contribution is 0.291. The Balaban J connectivity index is 2.02. The van der Waals surface area contributed by atoms with Crippen molar-refractivity contribution in [2.75, 3.05) is 13.7 Å². The number of benzene rings is 1. The predicted molar refractivity (Wildman–Crippen MR) is 80.2 cm³/mol. The molecule has 1 aliphatic rings. The molecule has 1 aliphatic heterocycles. The Bertz CT molecular complexity index is 574. The van der Waals surface area contributed by atoms with Gasteiger partial charge in [0.05, 0.1) is 12.6 Å². The lowest BCUT2D eigenvalue weighted by Crippen LogP contribution is -2.20. The van der Waals surface area contributed by atoms with Gasteiger partial charge in [0.2, 0.25) is 0 Å². The van der Waals surface area contributed by atoms with E-state index in [1.165, 1.54) is 16.0 Å². The zero-order valence-electron chi connectivity index (χ0n) is 11.6. The summed E-state index contributed by atoms with van der Waals surface area (Å²) in [5, 5.41) is 5.53. The Morgan fingerprint density at radius 3 is 2.84 bits per heavy atom. The molecule has 0 bridgehead atoms. The Morgan fingerprint density at radius 1 is 1.32 bits per heavy atom. The lowest BCUT2D eigenvalue weighted by Gasteiger charge is -2.19. The molecule has 1 aromatic heterocycles. The number of hydrogen-bond donors (Lipinski definition) is 1. The maximum absolute atomic E-state index is 5.75. The minimum Gasteiger partial charge on any atom is -0.492 e. The fraction of sp³-hybridized carbons (Fsp3) is 0.375. The summed E-state index contributed by atoms with van der Waals surface area (Å²) in [5.74, 6) is 1.04. The summed E-state index contributed by atoms with van der Waals surface area (Å²) >= 11 is 1.79. The van der Waals surface area contributed by atoms with Crippen LogP contribution in [0.15, 0.2) is 35.7 Å². The summed E-state index contributed by atoms with van der Waals surface area (Å²) in [4.78, 5) is 1.35. The van der Waals surface area contributed by atoms with E-state index < -0.39 is 0 Å². The molecule has 2 heterocycles. The average molecular weight is 273 g/mol. The molecule has 1 aromatic carbocycles. The zero-order chi connectivity index (χ0) is 13.5. The van der Waals surface area contributed by atoms with Gasteiger partial charge in [0.1, 0.15) is 5.75 Å². The van der Waals surface area contributed by atoms with Crippen molar-refractivity contribution in [3.05, 3.63) is 51.7 Å². The zero-order valence-corrected chi connectivity index (χ0v) is 12.4. The number of rotatable bonds is 3. The molecule has 0 saturated carbocycles. The van der Waals surface area contributed by atoms with Crippen LogP contribution < -0.4 is 10.1 Å². The first-order chi connectivity index (χ1) is 9.12. The average Bonchev–Trinajstić information content (AvgIpc) is 3.00.